The fourth-order valence-electron chi connectivity index (χ4n) is 1.21. The number of carbonyl (C=O) groups excluding carboxylic acids is 3. The summed E-state index contributed by atoms with van der Waals surface area (Å²) in [7, 11) is 0. The number of hydroxylamine groups is 2. The fourth-order valence-corrected chi connectivity index (χ4v) is 1.74. The van der Waals surface area contributed by atoms with Crippen LogP contribution in [0.3, 0.4) is 0 Å². The molecule has 0 spiro atoms. The predicted octanol–water partition coefficient (Wildman–Crippen LogP) is 0.981. The van der Waals surface area contributed by atoms with Crippen molar-refractivity contribution in [2.75, 3.05) is 5.75 Å². The number of imide groups is 1. The van der Waals surface area contributed by atoms with Crippen molar-refractivity contribution in [3.05, 3.63) is 0 Å². The highest BCUT2D eigenvalue weighted by Crippen LogP contribution is 2.19. The molecule has 0 N–H and O–H groups in total. The van der Waals surface area contributed by atoms with E-state index in [0.29, 0.717) is 10.3 Å². The Balaban J connectivity index is 2.45. The monoisotopic (exact) mass is 245 g/mol. The number of hydrogen-bond acceptors (Lipinski definition) is 5. The highest BCUT2D eigenvalue weighted by molar-refractivity contribution is 8.00. The normalized spacial score (nSPS) is 20.8. The highest BCUT2D eigenvalue weighted by atomic mass is 32.2. The molecule has 1 aliphatic rings. The molecule has 0 saturated carbocycles. The molecule has 1 unspecified atom stereocenters. The Morgan fingerprint density at radius 2 is 2.19 bits per heavy atom. The first-order chi connectivity index (χ1) is 7.41. The van der Waals surface area contributed by atoms with Gasteiger partial charge >= 0.3 is 5.97 Å². The summed E-state index contributed by atoms with van der Waals surface area (Å²) in [5.74, 6) is -1.69. The third-order valence-corrected chi connectivity index (χ3v) is 3.13. The first-order valence-electron chi connectivity index (χ1n) is 5.11. The van der Waals surface area contributed by atoms with Crippen LogP contribution >= 0.6 is 11.8 Å². The second-order valence-corrected chi connectivity index (χ2v) is 5.52. The van der Waals surface area contributed by atoms with Crippen LogP contribution < -0.4 is 0 Å². The maximum atomic E-state index is 11.4. The van der Waals surface area contributed by atoms with Crippen molar-refractivity contribution in [3.8, 4) is 0 Å². The second-order valence-electron chi connectivity index (χ2n) is 3.95. The number of amides is 2. The lowest BCUT2D eigenvalue weighted by molar-refractivity contribution is -0.196. The van der Waals surface area contributed by atoms with Gasteiger partial charge in [-0.2, -0.15) is 0 Å². The molecule has 1 saturated heterocycles. The van der Waals surface area contributed by atoms with Gasteiger partial charge in [0, 0.05) is 12.3 Å². The molecule has 16 heavy (non-hydrogen) atoms. The van der Waals surface area contributed by atoms with E-state index in [0.717, 1.165) is 0 Å². The molecule has 0 aliphatic carbocycles. The van der Waals surface area contributed by atoms with Crippen LogP contribution in [0.15, 0.2) is 0 Å². The smallest absolute Gasteiger partial charge is 0.329 e. The molecular formula is C10H15NO4S. The molecule has 0 aromatic rings. The zero-order valence-electron chi connectivity index (χ0n) is 9.56. The lowest BCUT2D eigenvalue weighted by Crippen LogP contribution is -2.33. The van der Waals surface area contributed by atoms with Crippen molar-refractivity contribution in [2.45, 2.75) is 32.4 Å². The van der Waals surface area contributed by atoms with Crippen molar-refractivity contribution >= 4 is 29.5 Å². The van der Waals surface area contributed by atoms with Crippen LogP contribution in [0.2, 0.25) is 0 Å². The first kappa shape index (κ1) is 13.0. The lowest BCUT2D eigenvalue weighted by atomic mass is 10.1. The molecule has 1 atom stereocenters. The van der Waals surface area contributed by atoms with Gasteiger partial charge in [-0.05, 0) is 5.25 Å². The zero-order chi connectivity index (χ0) is 12.3. The average molecular weight is 245 g/mol. The van der Waals surface area contributed by atoms with E-state index in [1.54, 1.807) is 6.92 Å². The number of hydrogen-bond donors (Lipinski definition) is 0. The second kappa shape index (κ2) is 5.34. The predicted molar refractivity (Wildman–Crippen MR) is 59.3 cm³/mol. The summed E-state index contributed by atoms with van der Waals surface area (Å²) in [4.78, 5) is 38.7. The van der Waals surface area contributed by atoms with E-state index in [-0.39, 0.29) is 12.2 Å². The van der Waals surface area contributed by atoms with Gasteiger partial charge in [-0.3, -0.25) is 9.59 Å². The first-order valence-corrected chi connectivity index (χ1v) is 6.16. The molecule has 1 aliphatic heterocycles. The van der Waals surface area contributed by atoms with Crippen molar-refractivity contribution in [1.29, 1.82) is 0 Å². The molecule has 0 bridgehead atoms. The van der Waals surface area contributed by atoms with Crippen molar-refractivity contribution in [3.63, 3.8) is 0 Å². The Labute approximate surface area is 98.5 Å². The number of nitrogens with zero attached hydrogens (tertiary/aromatic N) is 1. The van der Waals surface area contributed by atoms with Crippen molar-refractivity contribution in [2.24, 2.45) is 5.92 Å². The zero-order valence-corrected chi connectivity index (χ0v) is 10.4. The maximum Gasteiger partial charge on any atom is 0.342 e. The van der Waals surface area contributed by atoms with E-state index in [1.807, 2.05) is 13.8 Å². The molecule has 0 aromatic heterocycles. The van der Waals surface area contributed by atoms with Gasteiger partial charge in [0.1, 0.15) is 0 Å². The molecule has 1 fully saturated rings. The highest BCUT2D eigenvalue weighted by Gasteiger charge is 2.38. The van der Waals surface area contributed by atoms with Crippen molar-refractivity contribution in [1.82, 2.24) is 5.06 Å². The molecular weight excluding hydrogens is 230 g/mol. The van der Waals surface area contributed by atoms with Crippen LogP contribution in [0.1, 0.15) is 27.2 Å². The third-order valence-electron chi connectivity index (χ3n) is 2.06. The van der Waals surface area contributed by atoms with Gasteiger partial charge in [0.15, 0.2) is 0 Å². The minimum atomic E-state index is -0.561. The Hall–Kier alpha value is -1.04. The molecule has 5 nitrogen and oxygen atoms in total. The minimum absolute atomic E-state index is 0.115. The van der Waals surface area contributed by atoms with E-state index in [9.17, 15) is 14.4 Å². The molecule has 90 valence electrons. The van der Waals surface area contributed by atoms with Crippen molar-refractivity contribution < 1.29 is 19.2 Å². The van der Waals surface area contributed by atoms with Crippen LogP contribution in [-0.4, -0.2) is 33.8 Å². The number of rotatable bonds is 4. The van der Waals surface area contributed by atoms with E-state index >= 15 is 0 Å². The van der Waals surface area contributed by atoms with Gasteiger partial charge < -0.3 is 4.84 Å². The third kappa shape index (κ3) is 3.23. The molecule has 1 rings (SSSR count). The molecule has 0 radical (unpaired) electrons. The summed E-state index contributed by atoms with van der Waals surface area (Å²) in [6.07, 6.45) is 0.115. The Kier molecular flexibility index (Phi) is 4.35. The number of thioether (sulfide) groups is 1. The molecule has 1 heterocycles. The molecule has 6 heteroatoms. The topological polar surface area (TPSA) is 63.7 Å². The average Bonchev–Trinajstić information content (AvgIpc) is 2.42. The van der Waals surface area contributed by atoms with Gasteiger partial charge in [-0.15, -0.1) is 16.8 Å². The maximum absolute atomic E-state index is 11.4. The van der Waals surface area contributed by atoms with Gasteiger partial charge in [0.2, 0.25) is 0 Å². The minimum Gasteiger partial charge on any atom is -0.329 e. The summed E-state index contributed by atoms with van der Waals surface area (Å²) in [6.45, 7) is 5.54. The van der Waals surface area contributed by atoms with Crippen LogP contribution in [0, 0.1) is 5.92 Å². The summed E-state index contributed by atoms with van der Waals surface area (Å²) in [5.41, 5.74) is 0. The quantitative estimate of drug-likeness (QED) is 0.691. The van der Waals surface area contributed by atoms with Gasteiger partial charge in [0.25, 0.3) is 11.8 Å². The largest absolute Gasteiger partial charge is 0.342 e. The molecule has 0 aromatic carbocycles. The summed E-state index contributed by atoms with van der Waals surface area (Å²) in [5, 5.41) is 0.893. The SMILES string of the molecule is CC(C)SCC(=O)ON1C(=O)CC(C)C1=O. The number of carbonyl (C=O) groups is 3. The van der Waals surface area contributed by atoms with Crippen LogP contribution in [0.5, 0.6) is 0 Å². The van der Waals surface area contributed by atoms with Gasteiger partial charge in [0.05, 0.1) is 5.75 Å². The van der Waals surface area contributed by atoms with E-state index in [1.165, 1.54) is 11.8 Å². The lowest BCUT2D eigenvalue weighted by Gasteiger charge is -2.13. The van der Waals surface area contributed by atoms with E-state index in [4.69, 9.17) is 4.84 Å². The summed E-state index contributed by atoms with van der Waals surface area (Å²) < 4.78 is 0. The van der Waals surface area contributed by atoms with E-state index in [2.05, 4.69) is 0 Å². The fraction of sp³-hybridized carbons (Fsp3) is 0.700. The van der Waals surface area contributed by atoms with Crippen LogP contribution in [0.25, 0.3) is 0 Å². The Morgan fingerprint density at radius 3 is 2.62 bits per heavy atom. The standard InChI is InChI=1S/C10H15NO4S/c1-6(2)16-5-9(13)15-11-8(12)4-7(3)10(11)14/h6-7H,4-5H2,1-3H3. The molecule has 2 amide bonds. The van der Waals surface area contributed by atoms with Crippen LogP contribution in [-0.2, 0) is 19.2 Å². The summed E-state index contributed by atoms with van der Waals surface area (Å²) >= 11 is 1.40. The van der Waals surface area contributed by atoms with Gasteiger partial charge in [-0.25, -0.2) is 4.79 Å². The van der Waals surface area contributed by atoms with Gasteiger partial charge in [-0.1, -0.05) is 20.8 Å². The van der Waals surface area contributed by atoms with E-state index < -0.39 is 23.7 Å². The van der Waals surface area contributed by atoms with Crippen LogP contribution in [0.4, 0.5) is 0 Å². The Bertz CT molecular complexity index is 316. The summed E-state index contributed by atoms with van der Waals surface area (Å²) in [6, 6.07) is 0. The Morgan fingerprint density at radius 1 is 1.56 bits per heavy atom.